The first-order valence-electron chi connectivity index (χ1n) is 4.57. The lowest BCUT2D eigenvalue weighted by Gasteiger charge is -2.14. The topological polar surface area (TPSA) is 34.1 Å². The number of carbonyl (C=O) groups excluding carboxylic acids is 2. The molecule has 14 heavy (non-hydrogen) atoms. The lowest BCUT2D eigenvalue weighted by molar-refractivity contribution is -0.121. The quantitative estimate of drug-likeness (QED) is 0.530. The normalized spacial score (nSPS) is 11.1. The molecule has 0 amide bonds. The molecule has 1 rings (SSSR count). The Bertz CT molecular complexity index is 344. The van der Waals surface area contributed by atoms with Crippen LogP contribution in [0, 0.1) is 5.41 Å². The van der Waals surface area contributed by atoms with Crippen LogP contribution >= 0.6 is 0 Å². The Morgan fingerprint density at radius 2 is 1.50 bits per heavy atom. The third-order valence-corrected chi connectivity index (χ3v) is 1.92. The summed E-state index contributed by atoms with van der Waals surface area (Å²) in [5.41, 5.74) is -0.139. The fraction of sp³-hybridized carbons (Fsp3) is 0.333. The van der Waals surface area contributed by atoms with Crippen molar-refractivity contribution in [1.82, 2.24) is 0 Å². The van der Waals surface area contributed by atoms with Crippen molar-refractivity contribution in [3.05, 3.63) is 35.9 Å². The monoisotopic (exact) mass is 190 g/mol. The van der Waals surface area contributed by atoms with Gasteiger partial charge in [0, 0.05) is 11.0 Å². The van der Waals surface area contributed by atoms with Crippen LogP contribution in [-0.2, 0) is 4.79 Å². The maximum atomic E-state index is 11.6. The second-order valence-corrected chi connectivity index (χ2v) is 4.27. The van der Waals surface area contributed by atoms with E-state index in [1.807, 2.05) is 6.07 Å². The third kappa shape index (κ3) is 2.28. The van der Waals surface area contributed by atoms with Gasteiger partial charge in [0.15, 0.2) is 0 Å². The van der Waals surface area contributed by atoms with E-state index in [1.165, 1.54) is 0 Å². The Hall–Kier alpha value is -1.44. The molecule has 1 aromatic carbocycles. The Morgan fingerprint density at radius 3 is 1.93 bits per heavy atom. The van der Waals surface area contributed by atoms with E-state index in [0.717, 1.165) is 0 Å². The van der Waals surface area contributed by atoms with Crippen LogP contribution in [0.25, 0.3) is 0 Å². The van der Waals surface area contributed by atoms with Crippen molar-refractivity contribution in [2.75, 3.05) is 0 Å². The highest BCUT2D eigenvalue weighted by molar-refractivity contribution is 6.45. The minimum Gasteiger partial charge on any atom is -0.290 e. The van der Waals surface area contributed by atoms with Gasteiger partial charge >= 0.3 is 0 Å². The first kappa shape index (κ1) is 10.6. The molecule has 0 fully saturated rings. The number of ketones is 2. The molecule has 0 aromatic heterocycles. The van der Waals surface area contributed by atoms with Crippen LogP contribution in [0.5, 0.6) is 0 Å². The summed E-state index contributed by atoms with van der Waals surface area (Å²) < 4.78 is 0. The van der Waals surface area contributed by atoms with E-state index >= 15 is 0 Å². The van der Waals surface area contributed by atoms with Gasteiger partial charge in [-0.25, -0.2) is 0 Å². The maximum absolute atomic E-state index is 11.6. The van der Waals surface area contributed by atoms with Crippen LogP contribution in [0.3, 0.4) is 0 Å². The van der Waals surface area contributed by atoms with Gasteiger partial charge in [-0.2, -0.15) is 0 Å². The zero-order valence-electron chi connectivity index (χ0n) is 8.70. The van der Waals surface area contributed by atoms with Crippen molar-refractivity contribution in [2.24, 2.45) is 5.41 Å². The summed E-state index contributed by atoms with van der Waals surface area (Å²) in [6.07, 6.45) is 0. The van der Waals surface area contributed by atoms with Crippen LogP contribution < -0.4 is 0 Å². The first-order chi connectivity index (χ1) is 6.43. The fourth-order valence-electron chi connectivity index (χ4n) is 1.06. The van der Waals surface area contributed by atoms with Crippen LogP contribution in [0.2, 0.25) is 0 Å². The maximum Gasteiger partial charge on any atom is 0.229 e. The van der Waals surface area contributed by atoms with Crippen molar-refractivity contribution in [2.45, 2.75) is 20.8 Å². The van der Waals surface area contributed by atoms with Crippen LogP contribution in [0.15, 0.2) is 30.3 Å². The SMILES string of the molecule is CC(C)(C)C(=O)C(=O)c1ccccc1. The van der Waals surface area contributed by atoms with Crippen LogP contribution in [-0.4, -0.2) is 11.6 Å². The van der Waals surface area contributed by atoms with Gasteiger partial charge in [0.1, 0.15) is 0 Å². The van der Waals surface area contributed by atoms with Gasteiger partial charge in [0.05, 0.1) is 0 Å². The smallest absolute Gasteiger partial charge is 0.229 e. The van der Waals surface area contributed by atoms with Crippen molar-refractivity contribution < 1.29 is 9.59 Å². The Morgan fingerprint density at radius 1 is 1.00 bits per heavy atom. The molecule has 0 spiro atoms. The molecule has 2 nitrogen and oxygen atoms in total. The molecule has 0 saturated heterocycles. The molecule has 74 valence electrons. The Kier molecular flexibility index (Phi) is 2.84. The van der Waals surface area contributed by atoms with Gasteiger partial charge in [-0.3, -0.25) is 9.59 Å². The van der Waals surface area contributed by atoms with Gasteiger partial charge < -0.3 is 0 Å². The van der Waals surface area contributed by atoms with Crippen molar-refractivity contribution in [3.8, 4) is 0 Å². The summed E-state index contributed by atoms with van der Waals surface area (Å²) in [6.45, 7) is 5.24. The Labute approximate surface area is 83.9 Å². The average Bonchev–Trinajstić information content (AvgIpc) is 2.15. The predicted molar refractivity (Wildman–Crippen MR) is 55.2 cm³/mol. The van der Waals surface area contributed by atoms with E-state index in [0.29, 0.717) is 5.56 Å². The summed E-state index contributed by atoms with van der Waals surface area (Å²) in [5, 5.41) is 0. The van der Waals surface area contributed by atoms with Gasteiger partial charge in [0.25, 0.3) is 0 Å². The molecule has 2 heteroatoms. The first-order valence-corrected chi connectivity index (χ1v) is 4.57. The number of carbonyl (C=O) groups is 2. The standard InChI is InChI=1S/C12H14O2/c1-12(2,3)11(14)10(13)9-7-5-4-6-8-9/h4-8H,1-3H3. The van der Waals surface area contributed by atoms with Crippen LogP contribution in [0.4, 0.5) is 0 Å². The molecular weight excluding hydrogens is 176 g/mol. The van der Waals surface area contributed by atoms with E-state index in [1.54, 1.807) is 45.0 Å². The minimum atomic E-state index is -0.604. The lowest BCUT2D eigenvalue weighted by Crippen LogP contribution is -2.28. The van der Waals surface area contributed by atoms with E-state index in [4.69, 9.17) is 0 Å². The minimum absolute atomic E-state index is 0.344. The number of benzene rings is 1. The van der Waals surface area contributed by atoms with E-state index in [9.17, 15) is 9.59 Å². The number of hydrogen-bond acceptors (Lipinski definition) is 2. The molecule has 0 heterocycles. The number of Topliss-reactive ketones (excluding diaryl/α,β-unsaturated/α-hetero) is 2. The highest BCUT2D eigenvalue weighted by atomic mass is 16.2. The van der Waals surface area contributed by atoms with Gasteiger partial charge in [-0.05, 0) is 0 Å². The molecule has 0 atom stereocenters. The molecule has 0 unspecified atom stereocenters. The van der Waals surface area contributed by atoms with Gasteiger partial charge in [-0.15, -0.1) is 0 Å². The molecule has 1 aromatic rings. The summed E-state index contributed by atoms with van der Waals surface area (Å²) in [7, 11) is 0. The van der Waals surface area contributed by atoms with Gasteiger partial charge in [-0.1, -0.05) is 51.1 Å². The zero-order chi connectivity index (χ0) is 10.8. The van der Waals surface area contributed by atoms with Crippen molar-refractivity contribution in [3.63, 3.8) is 0 Å². The summed E-state index contributed by atoms with van der Waals surface area (Å²) in [5.74, 6) is -0.748. The van der Waals surface area contributed by atoms with Crippen molar-refractivity contribution in [1.29, 1.82) is 0 Å². The molecule has 0 aliphatic heterocycles. The van der Waals surface area contributed by atoms with E-state index in [-0.39, 0.29) is 5.78 Å². The van der Waals surface area contributed by atoms with E-state index < -0.39 is 11.2 Å². The molecule has 0 bridgehead atoms. The second-order valence-electron chi connectivity index (χ2n) is 4.27. The molecule has 0 aliphatic rings. The fourth-order valence-corrected chi connectivity index (χ4v) is 1.06. The summed E-state index contributed by atoms with van der Waals surface area (Å²) in [4.78, 5) is 23.3. The molecular formula is C12H14O2. The van der Waals surface area contributed by atoms with Crippen LogP contribution in [0.1, 0.15) is 31.1 Å². The molecule has 0 aliphatic carbocycles. The van der Waals surface area contributed by atoms with E-state index in [2.05, 4.69) is 0 Å². The molecule has 0 saturated carbocycles. The predicted octanol–water partition coefficient (Wildman–Crippen LogP) is 2.48. The summed E-state index contributed by atoms with van der Waals surface area (Å²) in [6, 6.07) is 8.64. The zero-order valence-corrected chi connectivity index (χ0v) is 8.70. The van der Waals surface area contributed by atoms with Crippen molar-refractivity contribution >= 4 is 11.6 Å². The van der Waals surface area contributed by atoms with Gasteiger partial charge in [0.2, 0.25) is 11.6 Å². The molecule has 0 radical (unpaired) electrons. The third-order valence-electron chi connectivity index (χ3n) is 1.92. The number of rotatable bonds is 2. The number of hydrogen-bond donors (Lipinski definition) is 0. The Balaban J connectivity index is 2.93. The largest absolute Gasteiger partial charge is 0.290 e. The second kappa shape index (κ2) is 3.74. The summed E-state index contributed by atoms with van der Waals surface area (Å²) >= 11 is 0. The highest BCUT2D eigenvalue weighted by Gasteiger charge is 2.28. The lowest BCUT2D eigenvalue weighted by atomic mass is 9.86. The average molecular weight is 190 g/mol. The highest BCUT2D eigenvalue weighted by Crippen LogP contribution is 2.17. The molecule has 0 N–H and O–H groups in total.